The number of halogens is 2. The van der Waals surface area contributed by atoms with Crippen LogP contribution in [-0.2, 0) is 0 Å². The number of anilines is 1. The van der Waals surface area contributed by atoms with E-state index >= 15 is 0 Å². The van der Waals surface area contributed by atoms with Crippen LogP contribution in [0.25, 0.3) is 16.7 Å². The average molecular weight is 371 g/mol. The Bertz CT molecular complexity index is 999. The summed E-state index contributed by atoms with van der Waals surface area (Å²) in [6.07, 6.45) is 2.30. The highest BCUT2D eigenvalue weighted by atomic mass is 19.1. The molecule has 2 heterocycles. The smallest absolute Gasteiger partial charge is 0.194 e. The van der Waals surface area contributed by atoms with Crippen molar-refractivity contribution in [2.45, 2.75) is 33.6 Å². The van der Waals surface area contributed by atoms with Crippen LogP contribution >= 0.6 is 0 Å². The molecule has 142 valence electrons. The van der Waals surface area contributed by atoms with Gasteiger partial charge in [-0.05, 0) is 49.4 Å². The van der Waals surface area contributed by atoms with Gasteiger partial charge in [-0.1, -0.05) is 13.8 Å². The van der Waals surface area contributed by atoms with Crippen LogP contribution in [0.2, 0.25) is 0 Å². The van der Waals surface area contributed by atoms with Crippen LogP contribution in [0, 0.1) is 24.0 Å². The van der Waals surface area contributed by atoms with Crippen LogP contribution in [0.15, 0.2) is 30.3 Å². The number of hydrogen-bond donors (Lipinski definition) is 1. The van der Waals surface area contributed by atoms with Crippen molar-refractivity contribution in [3.05, 3.63) is 47.8 Å². The van der Waals surface area contributed by atoms with Crippen LogP contribution in [-0.4, -0.2) is 27.7 Å². The molecule has 0 radical (unpaired) electrons. The van der Waals surface area contributed by atoms with Gasteiger partial charge in [0.15, 0.2) is 17.4 Å². The molecule has 4 rings (SSSR count). The Balaban J connectivity index is 1.71. The fraction of sp³-hybridized carbons (Fsp3) is 0.381. The molecule has 6 heteroatoms. The van der Waals surface area contributed by atoms with Gasteiger partial charge in [-0.15, -0.1) is 0 Å². The highest BCUT2D eigenvalue weighted by Crippen LogP contribution is 2.34. The third kappa shape index (κ3) is 3.03. The van der Waals surface area contributed by atoms with Crippen molar-refractivity contribution in [2.75, 3.05) is 18.0 Å². The minimum atomic E-state index is -1.01. The van der Waals surface area contributed by atoms with Gasteiger partial charge in [-0.25, -0.2) is 13.8 Å². The van der Waals surface area contributed by atoms with Crippen LogP contribution in [0.3, 0.4) is 0 Å². The number of phenolic OH excluding ortho intramolecular Hbond substituents is 1. The van der Waals surface area contributed by atoms with Crippen molar-refractivity contribution in [3.63, 3.8) is 0 Å². The first kappa shape index (κ1) is 17.8. The molecule has 4 nitrogen and oxygen atoms in total. The zero-order valence-electron chi connectivity index (χ0n) is 15.8. The van der Waals surface area contributed by atoms with E-state index in [4.69, 9.17) is 0 Å². The number of fused-ring (bicyclic) bond motifs is 1. The van der Waals surface area contributed by atoms with Gasteiger partial charge >= 0.3 is 0 Å². The predicted molar refractivity (Wildman–Crippen MR) is 103 cm³/mol. The van der Waals surface area contributed by atoms with Crippen molar-refractivity contribution in [3.8, 4) is 11.4 Å². The van der Waals surface area contributed by atoms with Crippen molar-refractivity contribution in [2.24, 2.45) is 5.41 Å². The van der Waals surface area contributed by atoms with Crippen LogP contribution in [0.5, 0.6) is 5.75 Å². The molecule has 0 saturated carbocycles. The van der Waals surface area contributed by atoms with Crippen LogP contribution in [0.1, 0.15) is 32.5 Å². The summed E-state index contributed by atoms with van der Waals surface area (Å²) in [6.45, 7) is 8.36. The Morgan fingerprint density at radius 3 is 2.26 bits per heavy atom. The number of nitrogens with zero attached hydrogens (tertiary/aromatic N) is 3. The molecule has 1 N–H and O–H groups in total. The van der Waals surface area contributed by atoms with E-state index in [1.807, 2.05) is 24.3 Å². The molecule has 1 aliphatic rings. The lowest BCUT2D eigenvalue weighted by Crippen LogP contribution is -2.37. The number of imidazole rings is 1. The predicted octanol–water partition coefficient (Wildman–Crippen LogP) is 4.94. The summed E-state index contributed by atoms with van der Waals surface area (Å²) < 4.78 is 29.7. The maximum atomic E-state index is 14.5. The highest BCUT2D eigenvalue weighted by molar-refractivity contribution is 5.81. The second-order valence-electron chi connectivity index (χ2n) is 8.05. The van der Waals surface area contributed by atoms with Crippen molar-refractivity contribution < 1.29 is 13.9 Å². The fourth-order valence-corrected chi connectivity index (χ4v) is 3.77. The normalized spacial score (nSPS) is 16.9. The van der Waals surface area contributed by atoms with E-state index in [0.29, 0.717) is 11.2 Å². The van der Waals surface area contributed by atoms with Crippen LogP contribution in [0.4, 0.5) is 14.5 Å². The van der Waals surface area contributed by atoms with Gasteiger partial charge in [0.25, 0.3) is 0 Å². The summed E-state index contributed by atoms with van der Waals surface area (Å²) in [6, 6.07) is 8.90. The zero-order chi connectivity index (χ0) is 19.3. The van der Waals surface area contributed by atoms with Gasteiger partial charge in [-0.3, -0.25) is 4.57 Å². The lowest BCUT2D eigenvalue weighted by Gasteiger charge is -2.38. The highest BCUT2D eigenvalue weighted by Gasteiger charge is 2.25. The summed E-state index contributed by atoms with van der Waals surface area (Å²) in [5, 5.41) is 9.64. The number of hydrogen-bond acceptors (Lipinski definition) is 3. The standard InChI is InChI=1S/C21H23F2N3O/c1-13-24-17-12-16(22)20(27)18(23)19(17)26(13)15-6-4-14(5-7-15)25-10-8-21(2,3)9-11-25/h4-7,12,27H,8-11H2,1-3H3. The Kier molecular flexibility index (Phi) is 4.09. The number of aromatic hydroxyl groups is 1. The molecule has 3 aromatic rings. The Labute approximate surface area is 157 Å². The van der Waals surface area contributed by atoms with Gasteiger partial charge in [0, 0.05) is 30.5 Å². The summed E-state index contributed by atoms with van der Waals surface area (Å²) in [5.41, 5.74) is 2.51. The molecule has 2 aromatic carbocycles. The molecular weight excluding hydrogens is 348 g/mol. The molecule has 0 aliphatic carbocycles. The lowest BCUT2D eigenvalue weighted by atomic mass is 9.82. The van der Waals surface area contributed by atoms with Gasteiger partial charge in [0.05, 0.1) is 5.52 Å². The van der Waals surface area contributed by atoms with E-state index in [1.165, 1.54) is 0 Å². The second-order valence-corrected chi connectivity index (χ2v) is 8.05. The maximum absolute atomic E-state index is 14.5. The minimum Gasteiger partial charge on any atom is -0.503 e. The number of rotatable bonds is 2. The van der Waals surface area contributed by atoms with Crippen molar-refractivity contribution in [1.29, 1.82) is 0 Å². The number of aryl methyl sites for hydroxylation is 1. The van der Waals surface area contributed by atoms with Gasteiger partial charge in [-0.2, -0.15) is 0 Å². The first-order valence-electron chi connectivity index (χ1n) is 9.18. The van der Waals surface area contributed by atoms with E-state index in [2.05, 4.69) is 23.7 Å². The molecular formula is C21H23F2N3O. The number of aromatic nitrogens is 2. The Morgan fingerprint density at radius 1 is 1.04 bits per heavy atom. The minimum absolute atomic E-state index is 0.0823. The Hall–Kier alpha value is -2.63. The lowest BCUT2D eigenvalue weighted by molar-refractivity contribution is 0.280. The maximum Gasteiger partial charge on any atom is 0.194 e. The molecule has 1 saturated heterocycles. The quantitative estimate of drug-likeness (QED) is 0.693. The molecule has 0 atom stereocenters. The topological polar surface area (TPSA) is 41.3 Å². The largest absolute Gasteiger partial charge is 0.503 e. The van der Waals surface area contributed by atoms with Crippen LogP contribution < -0.4 is 4.90 Å². The summed E-state index contributed by atoms with van der Waals surface area (Å²) in [7, 11) is 0. The third-order valence-corrected chi connectivity index (χ3v) is 5.57. The SMILES string of the molecule is Cc1nc2cc(F)c(O)c(F)c2n1-c1ccc(N2CCC(C)(C)CC2)cc1. The van der Waals surface area contributed by atoms with Crippen molar-refractivity contribution in [1.82, 2.24) is 9.55 Å². The van der Waals surface area contributed by atoms with Crippen molar-refractivity contribution >= 4 is 16.7 Å². The molecule has 0 spiro atoms. The van der Waals surface area contributed by atoms with E-state index in [1.54, 1.807) is 11.5 Å². The number of phenols is 1. The molecule has 0 bridgehead atoms. The first-order chi connectivity index (χ1) is 12.8. The van der Waals surface area contributed by atoms with Gasteiger partial charge < -0.3 is 10.0 Å². The van der Waals surface area contributed by atoms with Gasteiger partial charge in [0.2, 0.25) is 0 Å². The Morgan fingerprint density at radius 2 is 1.63 bits per heavy atom. The molecule has 1 aliphatic heterocycles. The zero-order valence-corrected chi connectivity index (χ0v) is 15.8. The summed E-state index contributed by atoms with van der Waals surface area (Å²) in [5.74, 6) is -2.45. The molecule has 0 amide bonds. The molecule has 1 fully saturated rings. The van der Waals surface area contributed by atoms with E-state index in [9.17, 15) is 13.9 Å². The second kappa shape index (κ2) is 6.22. The first-order valence-corrected chi connectivity index (χ1v) is 9.18. The molecule has 0 unspecified atom stereocenters. The van der Waals surface area contributed by atoms with Gasteiger partial charge in [0.1, 0.15) is 11.3 Å². The molecule has 27 heavy (non-hydrogen) atoms. The average Bonchev–Trinajstić information content (AvgIpc) is 2.96. The van der Waals surface area contributed by atoms with E-state index in [-0.39, 0.29) is 11.0 Å². The monoisotopic (exact) mass is 371 g/mol. The van der Waals surface area contributed by atoms with E-state index < -0.39 is 17.4 Å². The summed E-state index contributed by atoms with van der Waals surface area (Å²) >= 11 is 0. The fourth-order valence-electron chi connectivity index (χ4n) is 3.77. The molecule has 1 aromatic heterocycles. The number of benzene rings is 2. The third-order valence-electron chi connectivity index (χ3n) is 5.57. The summed E-state index contributed by atoms with van der Waals surface area (Å²) in [4.78, 5) is 6.60. The number of piperidine rings is 1. The van der Waals surface area contributed by atoms with E-state index in [0.717, 1.165) is 43.4 Å².